The first-order valence-corrected chi connectivity index (χ1v) is 13.9. The van der Waals surface area contributed by atoms with Crippen molar-refractivity contribution in [3.05, 3.63) is 93.8 Å². The van der Waals surface area contributed by atoms with Crippen LogP contribution in [-0.4, -0.2) is 34.0 Å². The van der Waals surface area contributed by atoms with Crippen LogP contribution in [0, 0.1) is 0 Å². The lowest BCUT2D eigenvalue weighted by molar-refractivity contribution is -0.145. The fourth-order valence-electron chi connectivity index (χ4n) is 4.39. The highest BCUT2D eigenvalue weighted by molar-refractivity contribution is 7.09. The molecule has 1 unspecified atom stereocenters. The van der Waals surface area contributed by atoms with E-state index in [2.05, 4.69) is 5.32 Å². The lowest BCUT2D eigenvalue weighted by Gasteiger charge is -2.39. The van der Waals surface area contributed by atoms with Crippen LogP contribution in [0.5, 0.6) is 11.5 Å². The number of carbonyl (C=O) groups is 2. The Morgan fingerprint density at radius 2 is 1.79 bits per heavy atom. The maximum Gasteiger partial charge on any atom is 0.250 e. The molecule has 2 heterocycles. The number of hydrogen-bond donors (Lipinski definition) is 1. The third kappa shape index (κ3) is 5.92. The highest BCUT2D eigenvalue weighted by atomic mass is 35.5. The Kier molecular flexibility index (Phi) is 7.86. The molecule has 1 atom stereocenters. The zero-order valence-electron chi connectivity index (χ0n) is 21.6. The lowest BCUT2D eigenvalue weighted by Crippen LogP contribution is -2.56. The zero-order chi connectivity index (χ0) is 27.4. The average Bonchev–Trinajstić information content (AvgIpc) is 3.61. The van der Waals surface area contributed by atoms with Gasteiger partial charge in [-0.3, -0.25) is 9.59 Å². The van der Waals surface area contributed by atoms with Crippen LogP contribution < -0.4 is 14.8 Å². The SMILES string of the molecule is CCC(C)(C(=O)Nc1ccc2c(c1)OCO2)N(Cc1nc(-c2ccc(Cl)cc2)cs1)C(=O)Cc1ccccc1. The fourth-order valence-corrected chi connectivity index (χ4v) is 5.31. The van der Waals surface area contributed by atoms with Crippen molar-refractivity contribution < 1.29 is 19.1 Å². The van der Waals surface area contributed by atoms with Crippen LogP contribution in [0.15, 0.2) is 78.2 Å². The Bertz CT molecular complexity index is 1480. The molecule has 0 aliphatic carbocycles. The number of fused-ring (bicyclic) bond motifs is 1. The molecule has 0 saturated heterocycles. The Morgan fingerprint density at radius 3 is 2.54 bits per heavy atom. The van der Waals surface area contributed by atoms with Crippen LogP contribution in [0.25, 0.3) is 11.3 Å². The van der Waals surface area contributed by atoms with Gasteiger partial charge in [-0.1, -0.05) is 61.0 Å². The van der Waals surface area contributed by atoms with Gasteiger partial charge >= 0.3 is 0 Å². The maximum absolute atomic E-state index is 13.8. The molecular weight excluding hydrogens is 534 g/mol. The van der Waals surface area contributed by atoms with Crippen LogP contribution in [0.3, 0.4) is 0 Å². The van der Waals surface area contributed by atoms with E-state index in [1.165, 1.54) is 11.3 Å². The van der Waals surface area contributed by atoms with Gasteiger partial charge in [0.05, 0.1) is 18.7 Å². The second kappa shape index (κ2) is 11.5. The van der Waals surface area contributed by atoms with E-state index in [4.69, 9.17) is 26.1 Å². The first kappa shape index (κ1) is 26.7. The highest BCUT2D eigenvalue weighted by Gasteiger charge is 2.41. The Balaban J connectivity index is 1.43. The molecule has 0 fully saturated rings. The summed E-state index contributed by atoms with van der Waals surface area (Å²) in [5, 5.41) is 6.32. The number of hydrogen-bond acceptors (Lipinski definition) is 6. The van der Waals surface area contributed by atoms with Crippen LogP contribution in [0.2, 0.25) is 5.02 Å². The number of ether oxygens (including phenoxy) is 2. The van der Waals surface area contributed by atoms with E-state index in [0.29, 0.717) is 28.6 Å². The summed E-state index contributed by atoms with van der Waals surface area (Å²) in [5.41, 5.74) is 2.03. The van der Waals surface area contributed by atoms with Crippen molar-refractivity contribution in [1.29, 1.82) is 0 Å². The van der Waals surface area contributed by atoms with Gasteiger partial charge in [-0.25, -0.2) is 4.98 Å². The number of anilines is 1. The zero-order valence-corrected chi connectivity index (χ0v) is 23.2. The van der Waals surface area contributed by atoms with E-state index in [-0.39, 0.29) is 31.6 Å². The van der Waals surface area contributed by atoms with Gasteiger partial charge in [-0.05, 0) is 43.2 Å². The molecule has 1 aromatic heterocycles. The Morgan fingerprint density at radius 1 is 1.05 bits per heavy atom. The number of rotatable bonds is 9. The van der Waals surface area contributed by atoms with Gasteiger partial charge in [0.25, 0.3) is 0 Å². The number of halogens is 1. The second-order valence-electron chi connectivity index (χ2n) is 9.43. The normalized spacial score (nSPS) is 13.5. The summed E-state index contributed by atoms with van der Waals surface area (Å²) in [4.78, 5) is 34.1. The Hall–Kier alpha value is -3.88. The van der Waals surface area contributed by atoms with E-state index < -0.39 is 5.54 Å². The summed E-state index contributed by atoms with van der Waals surface area (Å²) < 4.78 is 10.8. The monoisotopic (exact) mass is 561 g/mol. The maximum atomic E-state index is 13.8. The molecule has 0 saturated carbocycles. The number of aromatic nitrogens is 1. The standard InChI is InChI=1S/C30H28ClN3O4S/c1-3-30(2,29(36)32-23-13-14-25-26(16-23)38-19-37-25)34(28(35)15-20-7-5-4-6-8-20)17-27-33-24(18-39-27)21-9-11-22(31)12-10-21/h4-14,16,18H,3,15,17,19H2,1-2H3,(H,32,36). The third-order valence-electron chi connectivity index (χ3n) is 6.89. The topological polar surface area (TPSA) is 80.8 Å². The van der Waals surface area contributed by atoms with Gasteiger partial charge in [0.15, 0.2) is 11.5 Å². The number of benzene rings is 3. The number of nitrogens with zero attached hydrogens (tertiary/aromatic N) is 2. The molecule has 1 aliphatic rings. The number of carbonyl (C=O) groups excluding carboxylic acids is 2. The van der Waals surface area contributed by atoms with Crippen LogP contribution in [-0.2, 0) is 22.6 Å². The van der Waals surface area contributed by atoms with E-state index in [9.17, 15) is 9.59 Å². The molecule has 4 aromatic rings. The van der Waals surface area contributed by atoms with E-state index in [0.717, 1.165) is 21.8 Å². The van der Waals surface area contributed by atoms with E-state index in [1.54, 1.807) is 30.0 Å². The molecule has 0 bridgehead atoms. The number of nitrogens with one attached hydrogen (secondary N) is 1. The second-order valence-corrected chi connectivity index (χ2v) is 10.8. The fraction of sp³-hybridized carbons (Fsp3) is 0.233. The minimum atomic E-state index is -1.14. The van der Waals surface area contributed by atoms with Crippen molar-refractivity contribution >= 4 is 40.4 Å². The number of amides is 2. The molecule has 1 aliphatic heterocycles. The van der Waals surface area contributed by atoms with Crippen molar-refractivity contribution in [2.45, 2.75) is 38.8 Å². The summed E-state index contributed by atoms with van der Waals surface area (Å²) in [5.74, 6) is 0.751. The molecular formula is C30H28ClN3O4S. The summed E-state index contributed by atoms with van der Waals surface area (Å²) in [6.45, 7) is 4.05. The van der Waals surface area contributed by atoms with Crippen LogP contribution in [0.4, 0.5) is 5.69 Å². The molecule has 9 heteroatoms. The van der Waals surface area contributed by atoms with Gasteiger partial charge < -0.3 is 19.7 Å². The minimum absolute atomic E-state index is 0.146. The molecule has 5 rings (SSSR count). The van der Waals surface area contributed by atoms with Gasteiger partial charge in [0.1, 0.15) is 10.5 Å². The molecule has 7 nitrogen and oxygen atoms in total. The van der Waals surface area contributed by atoms with Crippen LogP contribution >= 0.6 is 22.9 Å². The Labute approximate surface area is 236 Å². The molecule has 0 radical (unpaired) electrons. The van der Waals surface area contributed by atoms with Gasteiger partial charge in [0.2, 0.25) is 18.6 Å². The van der Waals surface area contributed by atoms with E-state index in [1.807, 2.05) is 66.9 Å². The van der Waals surface area contributed by atoms with Crippen LogP contribution in [0.1, 0.15) is 30.8 Å². The summed E-state index contributed by atoms with van der Waals surface area (Å²) in [7, 11) is 0. The molecule has 39 heavy (non-hydrogen) atoms. The quantitative estimate of drug-likeness (QED) is 0.250. The van der Waals surface area contributed by atoms with Crippen molar-refractivity contribution in [2.75, 3.05) is 12.1 Å². The third-order valence-corrected chi connectivity index (χ3v) is 7.97. The van der Waals surface area contributed by atoms with Crippen molar-refractivity contribution in [2.24, 2.45) is 0 Å². The first-order valence-electron chi connectivity index (χ1n) is 12.6. The lowest BCUT2D eigenvalue weighted by atomic mass is 9.93. The predicted octanol–water partition coefficient (Wildman–Crippen LogP) is 6.57. The number of thiazole rings is 1. The largest absolute Gasteiger partial charge is 0.454 e. The van der Waals surface area contributed by atoms with Crippen molar-refractivity contribution in [3.8, 4) is 22.8 Å². The molecule has 200 valence electrons. The summed E-state index contributed by atoms with van der Waals surface area (Å²) in [6, 6.07) is 22.2. The molecule has 1 N–H and O–H groups in total. The smallest absolute Gasteiger partial charge is 0.250 e. The van der Waals surface area contributed by atoms with Gasteiger partial charge in [-0.15, -0.1) is 11.3 Å². The van der Waals surface area contributed by atoms with Gasteiger partial charge in [0, 0.05) is 27.7 Å². The predicted molar refractivity (Wildman–Crippen MR) is 153 cm³/mol. The minimum Gasteiger partial charge on any atom is -0.454 e. The average molecular weight is 562 g/mol. The van der Waals surface area contributed by atoms with Crippen molar-refractivity contribution in [1.82, 2.24) is 9.88 Å². The molecule has 3 aromatic carbocycles. The molecule has 0 spiro atoms. The highest BCUT2D eigenvalue weighted by Crippen LogP contribution is 2.35. The first-order chi connectivity index (χ1) is 18.9. The molecule has 2 amide bonds. The van der Waals surface area contributed by atoms with E-state index >= 15 is 0 Å². The summed E-state index contributed by atoms with van der Waals surface area (Å²) >= 11 is 7.50. The van der Waals surface area contributed by atoms with Gasteiger partial charge in [-0.2, -0.15) is 0 Å². The summed E-state index contributed by atoms with van der Waals surface area (Å²) in [6.07, 6.45) is 0.572. The van der Waals surface area contributed by atoms with Crippen molar-refractivity contribution in [3.63, 3.8) is 0 Å².